The molecule has 0 aromatic heterocycles. The first-order chi connectivity index (χ1) is 8.95. The number of carbonyl (C=O) groups is 2. The normalized spacial score (nSPS) is 10.2. The van der Waals surface area contributed by atoms with Gasteiger partial charge in [0.2, 0.25) is 5.91 Å². The first-order valence-corrected chi connectivity index (χ1v) is 6.08. The molecule has 104 valence electrons. The molecule has 1 aromatic carbocycles. The third kappa shape index (κ3) is 4.24. The van der Waals surface area contributed by atoms with Gasteiger partial charge >= 0.3 is 0 Å². The molecule has 0 unspecified atom stereocenters. The van der Waals surface area contributed by atoms with E-state index in [9.17, 15) is 14.0 Å². The van der Waals surface area contributed by atoms with Gasteiger partial charge in [-0.3, -0.25) is 9.59 Å². The van der Waals surface area contributed by atoms with Gasteiger partial charge in [0.05, 0.1) is 12.2 Å². The van der Waals surface area contributed by atoms with Gasteiger partial charge in [-0.25, -0.2) is 4.39 Å². The van der Waals surface area contributed by atoms with Gasteiger partial charge in [-0.1, -0.05) is 13.3 Å². The monoisotopic (exact) mass is 267 g/mol. The van der Waals surface area contributed by atoms with Crippen LogP contribution in [0.4, 0.5) is 10.1 Å². The Morgan fingerprint density at radius 2 is 2.05 bits per heavy atom. The van der Waals surface area contributed by atoms with Gasteiger partial charge in [0, 0.05) is 12.1 Å². The average Bonchev–Trinajstić information content (AvgIpc) is 2.36. The molecule has 0 aliphatic heterocycles. The van der Waals surface area contributed by atoms with Crippen LogP contribution in [0.25, 0.3) is 0 Å². The Morgan fingerprint density at radius 1 is 1.37 bits per heavy atom. The second kappa shape index (κ2) is 6.72. The highest BCUT2D eigenvalue weighted by Crippen LogP contribution is 2.14. The van der Waals surface area contributed by atoms with Crippen molar-refractivity contribution in [2.24, 2.45) is 5.73 Å². The van der Waals surface area contributed by atoms with E-state index in [4.69, 9.17) is 11.5 Å². The minimum absolute atomic E-state index is 0.0217. The number of rotatable bonds is 6. The largest absolute Gasteiger partial charge is 0.396 e. The molecule has 5 nitrogen and oxygen atoms in total. The summed E-state index contributed by atoms with van der Waals surface area (Å²) in [4.78, 5) is 24.4. The van der Waals surface area contributed by atoms with E-state index < -0.39 is 17.6 Å². The maximum atomic E-state index is 13.3. The quantitative estimate of drug-likeness (QED) is 0.757. The molecule has 6 heteroatoms. The van der Waals surface area contributed by atoms with Crippen LogP contribution in [0, 0.1) is 5.82 Å². The standard InChI is InChI=1S/C13H18FN3O2/c1-2-3-6-17(8-12(16)18)13(19)9-4-5-11(15)10(14)7-9/h4-5,7H,2-3,6,8,15H2,1H3,(H2,16,18). The number of anilines is 1. The number of carbonyl (C=O) groups excluding carboxylic acids is 2. The Hall–Kier alpha value is -2.11. The van der Waals surface area contributed by atoms with Crippen LogP contribution in [0.1, 0.15) is 30.1 Å². The SMILES string of the molecule is CCCCN(CC(N)=O)C(=O)c1ccc(N)c(F)c1. The molecule has 1 aromatic rings. The number of nitrogens with two attached hydrogens (primary N) is 2. The number of hydrogen-bond acceptors (Lipinski definition) is 3. The van der Waals surface area contributed by atoms with Crippen molar-refractivity contribution < 1.29 is 14.0 Å². The van der Waals surface area contributed by atoms with Crippen molar-refractivity contribution in [3.05, 3.63) is 29.6 Å². The van der Waals surface area contributed by atoms with Crippen LogP contribution in [0.3, 0.4) is 0 Å². The Morgan fingerprint density at radius 3 is 2.58 bits per heavy atom. The van der Waals surface area contributed by atoms with Crippen molar-refractivity contribution >= 4 is 17.5 Å². The molecule has 0 heterocycles. The molecular formula is C13H18FN3O2. The third-order valence-corrected chi connectivity index (χ3v) is 2.66. The highest BCUT2D eigenvalue weighted by atomic mass is 19.1. The van der Waals surface area contributed by atoms with E-state index >= 15 is 0 Å². The smallest absolute Gasteiger partial charge is 0.254 e. The van der Waals surface area contributed by atoms with Crippen LogP contribution in [0.15, 0.2) is 18.2 Å². The number of benzene rings is 1. The van der Waals surface area contributed by atoms with Gasteiger partial charge in [-0.2, -0.15) is 0 Å². The molecule has 0 bridgehead atoms. The van der Waals surface area contributed by atoms with E-state index in [1.165, 1.54) is 17.0 Å². The van der Waals surface area contributed by atoms with Gasteiger partial charge in [0.25, 0.3) is 5.91 Å². The van der Waals surface area contributed by atoms with E-state index in [2.05, 4.69) is 0 Å². The van der Waals surface area contributed by atoms with E-state index in [-0.39, 0.29) is 17.8 Å². The summed E-state index contributed by atoms with van der Waals surface area (Å²) in [7, 11) is 0. The zero-order valence-electron chi connectivity index (χ0n) is 10.9. The number of hydrogen-bond donors (Lipinski definition) is 2. The second-order valence-electron chi connectivity index (χ2n) is 4.28. The topological polar surface area (TPSA) is 89.4 Å². The lowest BCUT2D eigenvalue weighted by atomic mass is 10.1. The van der Waals surface area contributed by atoms with Gasteiger partial charge in [-0.05, 0) is 24.6 Å². The zero-order chi connectivity index (χ0) is 14.4. The van der Waals surface area contributed by atoms with Gasteiger partial charge in [0.15, 0.2) is 0 Å². The molecule has 0 saturated heterocycles. The first kappa shape index (κ1) is 14.9. The van der Waals surface area contributed by atoms with Crippen LogP contribution in [0.2, 0.25) is 0 Å². The molecule has 1 rings (SSSR count). The van der Waals surface area contributed by atoms with Crippen molar-refractivity contribution in [1.82, 2.24) is 4.90 Å². The predicted octanol–water partition coefficient (Wildman–Crippen LogP) is 1.14. The lowest BCUT2D eigenvalue weighted by molar-refractivity contribution is -0.118. The van der Waals surface area contributed by atoms with Gasteiger partial charge in [0.1, 0.15) is 5.82 Å². The molecule has 4 N–H and O–H groups in total. The fourth-order valence-corrected chi connectivity index (χ4v) is 1.63. The van der Waals surface area contributed by atoms with Crippen molar-refractivity contribution in [3.63, 3.8) is 0 Å². The maximum absolute atomic E-state index is 13.3. The molecule has 0 radical (unpaired) electrons. The first-order valence-electron chi connectivity index (χ1n) is 6.08. The third-order valence-electron chi connectivity index (χ3n) is 2.66. The molecule has 0 aliphatic rings. The summed E-state index contributed by atoms with van der Waals surface area (Å²) in [6.45, 7) is 2.20. The Balaban J connectivity index is 2.90. The van der Waals surface area contributed by atoms with Gasteiger partial charge < -0.3 is 16.4 Å². The van der Waals surface area contributed by atoms with Crippen LogP contribution in [-0.4, -0.2) is 29.8 Å². The minimum Gasteiger partial charge on any atom is -0.396 e. The Labute approximate surface area is 111 Å². The molecule has 19 heavy (non-hydrogen) atoms. The average molecular weight is 267 g/mol. The van der Waals surface area contributed by atoms with E-state index in [0.717, 1.165) is 18.9 Å². The number of nitrogens with zero attached hydrogens (tertiary/aromatic N) is 1. The Kier molecular flexibility index (Phi) is 5.29. The van der Waals surface area contributed by atoms with Crippen molar-refractivity contribution in [2.75, 3.05) is 18.8 Å². The number of unbranched alkanes of at least 4 members (excludes halogenated alkanes) is 1. The van der Waals surface area contributed by atoms with Crippen LogP contribution >= 0.6 is 0 Å². The molecule has 2 amide bonds. The number of primary amides is 1. The van der Waals surface area contributed by atoms with Crippen LogP contribution in [0.5, 0.6) is 0 Å². The second-order valence-corrected chi connectivity index (χ2v) is 4.28. The van der Waals surface area contributed by atoms with Gasteiger partial charge in [-0.15, -0.1) is 0 Å². The lowest BCUT2D eigenvalue weighted by Crippen LogP contribution is -2.39. The fraction of sp³-hybridized carbons (Fsp3) is 0.385. The molecule has 0 aliphatic carbocycles. The van der Waals surface area contributed by atoms with E-state index in [0.29, 0.717) is 6.54 Å². The van der Waals surface area contributed by atoms with Crippen molar-refractivity contribution in [3.8, 4) is 0 Å². The number of halogens is 1. The Bertz CT molecular complexity index is 477. The highest BCUT2D eigenvalue weighted by molar-refractivity contribution is 5.96. The zero-order valence-corrected chi connectivity index (χ0v) is 10.9. The summed E-state index contributed by atoms with van der Waals surface area (Å²) in [5.74, 6) is -1.67. The fourth-order valence-electron chi connectivity index (χ4n) is 1.63. The summed E-state index contributed by atoms with van der Waals surface area (Å²) >= 11 is 0. The summed E-state index contributed by atoms with van der Waals surface area (Å²) in [6, 6.07) is 3.82. The van der Waals surface area contributed by atoms with Crippen LogP contribution in [-0.2, 0) is 4.79 Å². The van der Waals surface area contributed by atoms with Crippen LogP contribution < -0.4 is 11.5 Å². The summed E-state index contributed by atoms with van der Waals surface area (Å²) in [5, 5.41) is 0. The number of nitrogen functional groups attached to an aromatic ring is 1. The maximum Gasteiger partial charge on any atom is 0.254 e. The molecular weight excluding hydrogens is 249 g/mol. The summed E-state index contributed by atoms with van der Waals surface area (Å²) < 4.78 is 13.3. The van der Waals surface area contributed by atoms with Crippen molar-refractivity contribution in [2.45, 2.75) is 19.8 Å². The molecule has 0 atom stereocenters. The highest BCUT2D eigenvalue weighted by Gasteiger charge is 2.18. The lowest BCUT2D eigenvalue weighted by Gasteiger charge is -2.21. The van der Waals surface area contributed by atoms with Crippen molar-refractivity contribution in [1.29, 1.82) is 0 Å². The molecule has 0 fully saturated rings. The summed E-state index contributed by atoms with van der Waals surface area (Å²) in [6.07, 6.45) is 1.62. The summed E-state index contributed by atoms with van der Waals surface area (Å²) in [5.41, 5.74) is 10.6. The van der Waals surface area contributed by atoms with E-state index in [1.807, 2.05) is 6.92 Å². The predicted molar refractivity (Wildman–Crippen MR) is 70.8 cm³/mol. The molecule has 0 spiro atoms. The minimum atomic E-state index is -0.652. The molecule has 0 saturated carbocycles. The number of amides is 2. The van der Waals surface area contributed by atoms with E-state index in [1.54, 1.807) is 0 Å².